The molecule has 0 aromatic carbocycles. The molecule has 1 unspecified atom stereocenters. The van der Waals surface area contributed by atoms with Gasteiger partial charge in [-0.2, -0.15) is 0 Å². The molecule has 1 saturated heterocycles. The van der Waals surface area contributed by atoms with Crippen LogP contribution in [0.2, 0.25) is 0 Å². The van der Waals surface area contributed by atoms with Gasteiger partial charge in [0.15, 0.2) is 0 Å². The lowest BCUT2D eigenvalue weighted by Gasteiger charge is -2.33. The SMILES string of the molecule is CCNC1CCCN(CCCn2ccnc2)C1. The molecule has 1 aromatic heterocycles. The van der Waals surface area contributed by atoms with Gasteiger partial charge in [-0.1, -0.05) is 6.92 Å². The number of aromatic nitrogens is 2. The topological polar surface area (TPSA) is 33.1 Å². The lowest BCUT2D eigenvalue weighted by Crippen LogP contribution is -2.45. The first-order valence-corrected chi connectivity index (χ1v) is 6.80. The molecule has 96 valence electrons. The molecule has 17 heavy (non-hydrogen) atoms. The van der Waals surface area contributed by atoms with Crippen molar-refractivity contribution >= 4 is 0 Å². The van der Waals surface area contributed by atoms with Gasteiger partial charge >= 0.3 is 0 Å². The molecular weight excluding hydrogens is 212 g/mol. The van der Waals surface area contributed by atoms with Crippen LogP contribution < -0.4 is 5.32 Å². The molecule has 0 spiro atoms. The van der Waals surface area contributed by atoms with E-state index >= 15 is 0 Å². The number of imidazole rings is 1. The van der Waals surface area contributed by atoms with Crippen molar-refractivity contribution in [1.29, 1.82) is 0 Å². The predicted octanol–water partition coefficient (Wildman–Crippen LogP) is 1.35. The molecule has 1 aliphatic rings. The largest absolute Gasteiger partial charge is 0.337 e. The number of likely N-dealkylation sites (tertiary alicyclic amines) is 1. The van der Waals surface area contributed by atoms with Gasteiger partial charge < -0.3 is 14.8 Å². The Hall–Kier alpha value is -0.870. The van der Waals surface area contributed by atoms with E-state index < -0.39 is 0 Å². The monoisotopic (exact) mass is 236 g/mol. The van der Waals surface area contributed by atoms with Gasteiger partial charge in [0, 0.05) is 31.5 Å². The van der Waals surface area contributed by atoms with Crippen molar-refractivity contribution in [1.82, 2.24) is 19.8 Å². The summed E-state index contributed by atoms with van der Waals surface area (Å²) in [5.41, 5.74) is 0. The van der Waals surface area contributed by atoms with Crippen LogP contribution in [0.3, 0.4) is 0 Å². The van der Waals surface area contributed by atoms with Crippen molar-refractivity contribution < 1.29 is 0 Å². The Morgan fingerprint density at radius 2 is 2.35 bits per heavy atom. The fourth-order valence-electron chi connectivity index (χ4n) is 2.61. The van der Waals surface area contributed by atoms with Crippen LogP contribution >= 0.6 is 0 Å². The minimum Gasteiger partial charge on any atom is -0.337 e. The van der Waals surface area contributed by atoms with Gasteiger partial charge in [0.1, 0.15) is 0 Å². The Kier molecular flexibility index (Phi) is 5.01. The third-order valence-corrected chi connectivity index (χ3v) is 3.45. The number of nitrogens with one attached hydrogen (secondary N) is 1. The number of rotatable bonds is 6. The van der Waals surface area contributed by atoms with E-state index in [1.54, 1.807) is 0 Å². The fraction of sp³-hybridized carbons (Fsp3) is 0.769. The first-order valence-electron chi connectivity index (χ1n) is 6.80. The predicted molar refractivity (Wildman–Crippen MR) is 70.0 cm³/mol. The summed E-state index contributed by atoms with van der Waals surface area (Å²) in [7, 11) is 0. The molecule has 0 radical (unpaired) electrons. The van der Waals surface area contributed by atoms with E-state index in [9.17, 15) is 0 Å². The fourth-order valence-corrected chi connectivity index (χ4v) is 2.61. The summed E-state index contributed by atoms with van der Waals surface area (Å²) in [6.07, 6.45) is 9.68. The van der Waals surface area contributed by atoms with Crippen molar-refractivity contribution in [2.45, 2.75) is 38.8 Å². The Morgan fingerprint density at radius 1 is 1.41 bits per heavy atom. The Balaban J connectivity index is 1.65. The zero-order valence-corrected chi connectivity index (χ0v) is 10.8. The summed E-state index contributed by atoms with van der Waals surface area (Å²) in [6.45, 7) is 8.07. The number of hydrogen-bond donors (Lipinski definition) is 1. The van der Waals surface area contributed by atoms with Crippen molar-refractivity contribution in [3.8, 4) is 0 Å². The van der Waals surface area contributed by atoms with Crippen molar-refractivity contribution in [3.05, 3.63) is 18.7 Å². The molecule has 1 aliphatic heterocycles. The molecule has 2 rings (SSSR count). The third-order valence-electron chi connectivity index (χ3n) is 3.45. The summed E-state index contributed by atoms with van der Waals surface area (Å²) in [5, 5.41) is 3.56. The van der Waals surface area contributed by atoms with E-state index in [-0.39, 0.29) is 0 Å². The second-order valence-electron chi connectivity index (χ2n) is 4.85. The highest BCUT2D eigenvalue weighted by Gasteiger charge is 2.18. The van der Waals surface area contributed by atoms with Gasteiger partial charge in [-0.05, 0) is 38.9 Å². The zero-order chi connectivity index (χ0) is 11.9. The maximum Gasteiger partial charge on any atom is 0.0945 e. The van der Waals surface area contributed by atoms with Gasteiger partial charge in [-0.3, -0.25) is 0 Å². The van der Waals surface area contributed by atoms with Gasteiger partial charge in [0.2, 0.25) is 0 Å². The molecule has 0 aliphatic carbocycles. The lowest BCUT2D eigenvalue weighted by atomic mass is 10.1. The zero-order valence-electron chi connectivity index (χ0n) is 10.8. The van der Waals surface area contributed by atoms with E-state index in [1.165, 1.54) is 38.9 Å². The van der Waals surface area contributed by atoms with Crippen molar-refractivity contribution in [2.24, 2.45) is 0 Å². The standard InChI is InChI=1S/C13H24N4/c1-2-15-13-5-3-7-16(11-13)8-4-9-17-10-6-14-12-17/h6,10,12-13,15H,2-5,7-9,11H2,1H3. The number of hydrogen-bond acceptors (Lipinski definition) is 3. The Morgan fingerprint density at radius 3 is 3.12 bits per heavy atom. The number of piperidine rings is 1. The van der Waals surface area contributed by atoms with Crippen LogP contribution in [0.25, 0.3) is 0 Å². The molecular formula is C13H24N4. The second kappa shape index (κ2) is 6.77. The highest BCUT2D eigenvalue weighted by molar-refractivity contribution is 4.78. The molecule has 0 amide bonds. The van der Waals surface area contributed by atoms with Crippen LogP contribution in [-0.4, -0.2) is 46.7 Å². The third kappa shape index (κ3) is 4.13. The van der Waals surface area contributed by atoms with E-state index in [1.807, 2.05) is 18.7 Å². The van der Waals surface area contributed by atoms with Gasteiger partial charge in [0.05, 0.1) is 6.33 Å². The lowest BCUT2D eigenvalue weighted by molar-refractivity contribution is 0.187. The van der Waals surface area contributed by atoms with Crippen molar-refractivity contribution in [2.75, 3.05) is 26.2 Å². The van der Waals surface area contributed by atoms with Crippen LogP contribution in [0.1, 0.15) is 26.2 Å². The highest BCUT2D eigenvalue weighted by Crippen LogP contribution is 2.10. The van der Waals surface area contributed by atoms with Crippen LogP contribution in [0.4, 0.5) is 0 Å². The summed E-state index contributed by atoms with van der Waals surface area (Å²) >= 11 is 0. The Labute approximate surface area is 104 Å². The summed E-state index contributed by atoms with van der Waals surface area (Å²) in [6, 6.07) is 0.710. The number of nitrogens with zero attached hydrogens (tertiary/aromatic N) is 3. The van der Waals surface area contributed by atoms with Crippen molar-refractivity contribution in [3.63, 3.8) is 0 Å². The van der Waals surface area contributed by atoms with E-state index in [0.29, 0.717) is 6.04 Å². The van der Waals surface area contributed by atoms with Gasteiger partial charge in [-0.15, -0.1) is 0 Å². The Bertz CT molecular complexity index is 294. The molecule has 4 heteroatoms. The average molecular weight is 236 g/mol. The van der Waals surface area contributed by atoms with E-state index in [4.69, 9.17) is 0 Å². The number of aryl methyl sites for hydroxylation is 1. The molecule has 1 atom stereocenters. The molecule has 1 fully saturated rings. The maximum atomic E-state index is 4.06. The number of likely N-dealkylation sites (N-methyl/N-ethyl adjacent to an activating group) is 1. The summed E-state index contributed by atoms with van der Waals surface area (Å²) in [5.74, 6) is 0. The maximum absolute atomic E-state index is 4.06. The van der Waals surface area contributed by atoms with Crippen LogP contribution in [-0.2, 0) is 6.54 Å². The van der Waals surface area contributed by atoms with E-state index in [2.05, 4.69) is 26.7 Å². The second-order valence-corrected chi connectivity index (χ2v) is 4.85. The van der Waals surface area contributed by atoms with E-state index in [0.717, 1.165) is 13.1 Å². The highest BCUT2D eigenvalue weighted by atomic mass is 15.2. The summed E-state index contributed by atoms with van der Waals surface area (Å²) in [4.78, 5) is 6.65. The molecule has 0 saturated carbocycles. The molecule has 1 N–H and O–H groups in total. The van der Waals surface area contributed by atoms with Crippen LogP contribution in [0.15, 0.2) is 18.7 Å². The quantitative estimate of drug-likeness (QED) is 0.809. The minimum atomic E-state index is 0.710. The van der Waals surface area contributed by atoms with Crippen LogP contribution in [0.5, 0.6) is 0 Å². The molecule has 4 nitrogen and oxygen atoms in total. The summed E-state index contributed by atoms with van der Waals surface area (Å²) < 4.78 is 2.16. The minimum absolute atomic E-state index is 0.710. The first kappa shape index (κ1) is 12.6. The van der Waals surface area contributed by atoms with Gasteiger partial charge in [0.25, 0.3) is 0 Å². The van der Waals surface area contributed by atoms with Crippen LogP contribution in [0, 0.1) is 0 Å². The first-order chi connectivity index (χ1) is 8.38. The van der Waals surface area contributed by atoms with Gasteiger partial charge in [-0.25, -0.2) is 4.98 Å². The molecule has 0 bridgehead atoms. The normalized spacial score (nSPS) is 21.8. The molecule has 1 aromatic rings. The average Bonchev–Trinajstić information content (AvgIpc) is 2.83. The smallest absolute Gasteiger partial charge is 0.0945 e. The molecule has 2 heterocycles.